The minimum absolute atomic E-state index is 0.203. The molecule has 2 heteroatoms. The fourth-order valence-corrected chi connectivity index (χ4v) is 1.05. The average Bonchev–Trinajstić information content (AvgIpc) is 2.16. The monoisotopic (exact) mass is 188 g/mol. The zero-order valence-corrected chi connectivity index (χ0v) is 8.03. The Kier molecular flexibility index (Phi) is 3.24. The van der Waals surface area contributed by atoms with Gasteiger partial charge in [-0.15, -0.1) is 0 Å². The summed E-state index contributed by atoms with van der Waals surface area (Å²) in [5.41, 5.74) is 2.22. The molecule has 0 aromatic heterocycles. The van der Waals surface area contributed by atoms with Gasteiger partial charge in [0.05, 0.1) is 5.57 Å². The Morgan fingerprint density at radius 3 is 2.36 bits per heavy atom. The van der Waals surface area contributed by atoms with Gasteiger partial charge in [0, 0.05) is 0 Å². The van der Waals surface area contributed by atoms with Gasteiger partial charge in [0.15, 0.2) is 0 Å². The quantitative estimate of drug-likeness (QED) is 0.584. The van der Waals surface area contributed by atoms with Crippen LogP contribution in [0.25, 0.3) is 6.08 Å². The van der Waals surface area contributed by atoms with Crippen LogP contribution in [0.2, 0.25) is 0 Å². The highest BCUT2D eigenvalue weighted by molar-refractivity contribution is 5.95. The van der Waals surface area contributed by atoms with Crippen LogP contribution in [0.1, 0.15) is 11.1 Å². The first-order chi connectivity index (χ1) is 6.63. The van der Waals surface area contributed by atoms with Crippen LogP contribution in [-0.4, -0.2) is 11.1 Å². The molecule has 14 heavy (non-hydrogen) atoms. The van der Waals surface area contributed by atoms with Crippen LogP contribution in [0.4, 0.5) is 0 Å². The molecule has 0 spiro atoms. The summed E-state index contributed by atoms with van der Waals surface area (Å²) in [5.74, 6) is -0.958. The molecule has 72 valence electrons. The van der Waals surface area contributed by atoms with E-state index in [4.69, 9.17) is 5.11 Å². The van der Waals surface area contributed by atoms with Crippen molar-refractivity contribution in [3.05, 3.63) is 53.6 Å². The maximum Gasteiger partial charge on any atom is 0.335 e. The Hall–Kier alpha value is -1.83. The molecule has 1 rings (SSSR count). The van der Waals surface area contributed by atoms with Crippen LogP contribution in [0.3, 0.4) is 0 Å². The summed E-state index contributed by atoms with van der Waals surface area (Å²) in [6, 6.07) is 7.63. The Morgan fingerprint density at radius 1 is 1.36 bits per heavy atom. The molecule has 0 saturated carbocycles. The third kappa shape index (κ3) is 2.59. The van der Waals surface area contributed by atoms with Gasteiger partial charge in [-0.2, -0.15) is 0 Å². The molecule has 0 saturated heterocycles. The van der Waals surface area contributed by atoms with E-state index in [1.54, 1.807) is 6.08 Å². The van der Waals surface area contributed by atoms with Crippen molar-refractivity contribution in [3.63, 3.8) is 0 Å². The highest BCUT2D eigenvalue weighted by atomic mass is 16.4. The predicted molar refractivity (Wildman–Crippen MR) is 57.0 cm³/mol. The van der Waals surface area contributed by atoms with Gasteiger partial charge in [-0.05, 0) is 18.6 Å². The predicted octanol–water partition coefficient (Wildman–Crippen LogP) is 2.65. The summed E-state index contributed by atoms with van der Waals surface area (Å²) in [6.07, 6.45) is 2.93. The van der Waals surface area contributed by atoms with E-state index in [9.17, 15) is 4.79 Å². The van der Waals surface area contributed by atoms with Gasteiger partial charge >= 0.3 is 5.97 Å². The lowest BCUT2D eigenvalue weighted by Gasteiger charge is -1.97. The SMILES string of the molecule is C=CC(=Cc1ccc(C)cc1)C(=O)O. The van der Waals surface area contributed by atoms with E-state index >= 15 is 0 Å². The minimum atomic E-state index is -0.958. The largest absolute Gasteiger partial charge is 0.478 e. The summed E-state index contributed by atoms with van der Waals surface area (Å²) < 4.78 is 0. The van der Waals surface area contributed by atoms with E-state index in [0.717, 1.165) is 11.1 Å². The van der Waals surface area contributed by atoms with Crippen molar-refractivity contribution in [1.82, 2.24) is 0 Å². The van der Waals surface area contributed by atoms with Gasteiger partial charge in [0.1, 0.15) is 0 Å². The Balaban J connectivity index is 3.01. The number of benzene rings is 1. The first kappa shape index (κ1) is 10.3. The second-order valence-corrected chi connectivity index (χ2v) is 3.02. The van der Waals surface area contributed by atoms with Gasteiger partial charge in [0.2, 0.25) is 0 Å². The van der Waals surface area contributed by atoms with E-state index in [0.29, 0.717) is 0 Å². The average molecular weight is 188 g/mol. The van der Waals surface area contributed by atoms with Crippen molar-refractivity contribution in [2.24, 2.45) is 0 Å². The maximum atomic E-state index is 10.7. The summed E-state index contributed by atoms with van der Waals surface area (Å²) in [7, 11) is 0. The van der Waals surface area contributed by atoms with Crippen molar-refractivity contribution in [3.8, 4) is 0 Å². The number of carboxylic acids is 1. The zero-order valence-electron chi connectivity index (χ0n) is 8.03. The standard InChI is InChI=1S/C12H12O2/c1-3-11(12(13)14)8-10-6-4-9(2)5-7-10/h3-8H,1H2,2H3,(H,13,14). The first-order valence-electron chi connectivity index (χ1n) is 4.27. The van der Waals surface area contributed by atoms with E-state index in [-0.39, 0.29) is 5.57 Å². The number of carboxylic acid groups (broad SMARTS) is 1. The lowest BCUT2D eigenvalue weighted by Crippen LogP contribution is -1.96. The molecule has 0 radical (unpaired) electrons. The summed E-state index contributed by atoms with van der Waals surface area (Å²) in [6.45, 7) is 5.43. The second-order valence-electron chi connectivity index (χ2n) is 3.02. The van der Waals surface area contributed by atoms with Crippen molar-refractivity contribution in [1.29, 1.82) is 0 Å². The summed E-state index contributed by atoms with van der Waals surface area (Å²) in [4.78, 5) is 10.7. The molecule has 2 nitrogen and oxygen atoms in total. The number of hydrogen-bond acceptors (Lipinski definition) is 1. The van der Waals surface area contributed by atoms with Gasteiger partial charge in [-0.1, -0.05) is 42.5 Å². The van der Waals surface area contributed by atoms with Crippen LogP contribution in [0, 0.1) is 6.92 Å². The number of rotatable bonds is 3. The number of aliphatic carboxylic acids is 1. The minimum Gasteiger partial charge on any atom is -0.478 e. The molecular formula is C12H12O2. The third-order valence-corrected chi connectivity index (χ3v) is 1.87. The first-order valence-corrected chi connectivity index (χ1v) is 4.27. The number of carbonyl (C=O) groups is 1. The molecule has 0 aliphatic carbocycles. The van der Waals surface area contributed by atoms with Gasteiger partial charge in [-0.25, -0.2) is 4.79 Å². The van der Waals surface area contributed by atoms with Crippen molar-refractivity contribution in [2.75, 3.05) is 0 Å². The smallest absolute Gasteiger partial charge is 0.335 e. The Labute approximate surface area is 83.2 Å². The van der Waals surface area contributed by atoms with Crippen LogP contribution < -0.4 is 0 Å². The van der Waals surface area contributed by atoms with Crippen LogP contribution >= 0.6 is 0 Å². The Bertz CT molecular complexity index is 372. The lowest BCUT2D eigenvalue weighted by molar-refractivity contribution is -0.132. The third-order valence-electron chi connectivity index (χ3n) is 1.87. The summed E-state index contributed by atoms with van der Waals surface area (Å²) in [5, 5.41) is 8.75. The van der Waals surface area contributed by atoms with Crippen LogP contribution in [0.5, 0.6) is 0 Å². The molecule has 0 atom stereocenters. The maximum absolute atomic E-state index is 10.7. The zero-order chi connectivity index (χ0) is 10.6. The lowest BCUT2D eigenvalue weighted by atomic mass is 10.1. The summed E-state index contributed by atoms with van der Waals surface area (Å²) >= 11 is 0. The molecule has 0 bridgehead atoms. The van der Waals surface area contributed by atoms with Crippen LogP contribution in [0.15, 0.2) is 42.5 Å². The molecular weight excluding hydrogens is 176 g/mol. The molecule has 0 heterocycles. The van der Waals surface area contributed by atoms with Gasteiger partial charge < -0.3 is 5.11 Å². The van der Waals surface area contributed by atoms with Crippen molar-refractivity contribution >= 4 is 12.0 Å². The fourth-order valence-electron chi connectivity index (χ4n) is 1.05. The molecule has 1 aromatic rings. The molecule has 1 aromatic carbocycles. The molecule has 1 N–H and O–H groups in total. The molecule has 0 fully saturated rings. The fraction of sp³-hybridized carbons (Fsp3) is 0.0833. The molecule has 0 unspecified atom stereocenters. The topological polar surface area (TPSA) is 37.3 Å². The van der Waals surface area contributed by atoms with Crippen LogP contribution in [-0.2, 0) is 4.79 Å². The van der Waals surface area contributed by atoms with E-state index in [1.807, 2.05) is 31.2 Å². The van der Waals surface area contributed by atoms with Gasteiger partial charge in [0.25, 0.3) is 0 Å². The highest BCUT2D eigenvalue weighted by Crippen LogP contribution is 2.09. The van der Waals surface area contributed by atoms with E-state index in [1.165, 1.54) is 6.08 Å². The van der Waals surface area contributed by atoms with E-state index in [2.05, 4.69) is 6.58 Å². The molecule has 0 aliphatic rings. The normalized spacial score (nSPS) is 11.1. The highest BCUT2D eigenvalue weighted by Gasteiger charge is 2.01. The number of aryl methyl sites for hydroxylation is 1. The van der Waals surface area contributed by atoms with E-state index < -0.39 is 5.97 Å². The second kappa shape index (κ2) is 4.42. The van der Waals surface area contributed by atoms with Crippen molar-refractivity contribution < 1.29 is 9.90 Å². The molecule has 0 aliphatic heterocycles. The number of hydrogen-bond donors (Lipinski definition) is 1. The Morgan fingerprint density at radius 2 is 1.93 bits per heavy atom. The van der Waals surface area contributed by atoms with Crippen molar-refractivity contribution in [2.45, 2.75) is 6.92 Å². The van der Waals surface area contributed by atoms with Gasteiger partial charge in [-0.3, -0.25) is 0 Å². The molecule has 0 amide bonds.